The van der Waals surface area contributed by atoms with E-state index in [2.05, 4.69) is 24.2 Å². The van der Waals surface area contributed by atoms with Gasteiger partial charge >= 0.3 is 0 Å². The SMILES string of the molecule is C=CC1=C(C=C)C(C)=Nc2ccccc2S1.CC.CC. The summed E-state index contributed by atoms with van der Waals surface area (Å²) in [6, 6.07) is 8.13. The molecule has 0 aliphatic carbocycles. The highest BCUT2D eigenvalue weighted by atomic mass is 32.2. The standard InChI is InChI=1S/C14H13NS.2C2H6/c1-4-11-10(3)15-12-8-6-7-9-14(12)16-13(11)5-2;2*1-2/h4-9H,1-2H2,3H3;2*1-2H3. The Hall–Kier alpha value is -1.54. The maximum Gasteiger partial charge on any atom is 0.0772 e. The van der Waals surface area contributed by atoms with E-state index in [0.29, 0.717) is 0 Å². The van der Waals surface area contributed by atoms with Crippen LogP contribution in [0.25, 0.3) is 0 Å². The van der Waals surface area contributed by atoms with Gasteiger partial charge in [0.15, 0.2) is 0 Å². The third-order valence-corrected chi connectivity index (χ3v) is 3.59. The van der Waals surface area contributed by atoms with Crippen molar-refractivity contribution in [2.45, 2.75) is 39.5 Å². The lowest BCUT2D eigenvalue weighted by Crippen LogP contribution is -1.94. The lowest BCUT2D eigenvalue weighted by molar-refractivity contribution is 1.37. The average molecular weight is 287 g/mol. The Morgan fingerprint density at radius 2 is 1.60 bits per heavy atom. The van der Waals surface area contributed by atoms with Crippen LogP contribution >= 0.6 is 11.8 Å². The van der Waals surface area contributed by atoms with Gasteiger partial charge in [0.2, 0.25) is 0 Å². The molecule has 1 aliphatic heterocycles. The van der Waals surface area contributed by atoms with Crippen molar-refractivity contribution >= 4 is 23.2 Å². The Morgan fingerprint density at radius 1 is 1.00 bits per heavy atom. The van der Waals surface area contributed by atoms with Gasteiger partial charge in [0.25, 0.3) is 0 Å². The lowest BCUT2D eigenvalue weighted by atomic mass is 10.1. The number of nitrogens with zero attached hydrogens (tertiary/aromatic N) is 1. The van der Waals surface area contributed by atoms with Crippen LogP contribution in [0.3, 0.4) is 0 Å². The zero-order valence-corrected chi connectivity index (χ0v) is 14.1. The molecule has 0 radical (unpaired) electrons. The third-order valence-electron chi connectivity index (χ3n) is 2.42. The molecule has 0 spiro atoms. The Morgan fingerprint density at radius 3 is 2.15 bits per heavy atom. The molecular formula is C18H25NS. The van der Waals surface area contributed by atoms with Crippen LogP contribution < -0.4 is 0 Å². The summed E-state index contributed by atoms with van der Waals surface area (Å²) in [5, 5.41) is 0. The summed E-state index contributed by atoms with van der Waals surface area (Å²) in [6.45, 7) is 17.7. The summed E-state index contributed by atoms with van der Waals surface area (Å²) in [4.78, 5) is 6.88. The van der Waals surface area contributed by atoms with Crippen molar-refractivity contribution in [3.63, 3.8) is 0 Å². The second-order valence-corrected chi connectivity index (χ2v) is 4.54. The minimum absolute atomic E-state index is 0.988. The van der Waals surface area contributed by atoms with Gasteiger partial charge in [-0.2, -0.15) is 0 Å². The molecule has 0 fully saturated rings. The Labute approximate surface area is 128 Å². The predicted molar refractivity (Wildman–Crippen MR) is 95.2 cm³/mol. The van der Waals surface area contributed by atoms with E-state index in [1.54, 1.807) is 11.8 Å². The molecule has 2 rings (SSSR count). The zero-order valence-electron chi connectivity index (χ0n) is 13.2. The van der Waals surface area contributed by atoms with E-state index in [-0.39, 0.29) is 0 Å². The average Bonchev–Trinajstić information content (AvgIpc) is 2.66. The maximum absolute atomic E-state index is 4.61. The number of hydrogen-bond acceptors (Lipinski definition) is 2. The molecule has 0 amide bonds. The van der Waals surface area contributed by atoms with Crippen LogP contribution in [-0.2, 0) is 0 Å². The molecule has 0 bridgehead atoms. The second-order valence-electron chi connectivity index (χ2n) is 3.45. The second kappa shape index (κ2) is 10.3. The van der Waals surface area contributed by atoms with Crippen molar-refractivity contribution in [3.8, 4) is 0 Å². The largest absolute Gasteiger partial charge is 0.252 e. The van der Waals surface area contributed by atoms with Crippen LogP contribution in [0, 0.1) is 0 Å². The molecular weight excluding hydrogens is 262 g/mol. The summed E-state index contributed by atoms with van der Waals surface area (Å²) in [5.74, 6) is 0. The smallest absolute Gasteiger partial charge is 0.0772 e. The molecule has 0 atom stereocenters. The Kier molecular flexibility index (Phi) is 9.48. The van der Waals surface area contributed by atoms with Crippen molar-refractivity contribution in [2.75, 3.05) is 0 Å². The van der Waals surface area contributed by atoms with Gasteiger partial charge in [0.05, 0.1) is 5.69 Å². The predicted octanol–water partition coefficient (Wildman–Crippen LogP) is 6.56. The van der Waals surface area contributed by atoms with Crippen LogP contribution in [0.4, 0.5) is 5.69 Å². The van der Waals surface area contributed by atoms with Crippen LogP contribution in [0.1, 0.15) is 34.6 Å². The van der Waals surface area contributed by atoms with E-state index >= 15 is 0 Å². The molecule has 1 aliphatic rings. The van der Waals surface area contributed by atoms with Gasteiger partial charge in [-0.3, -0.25) is 4.99 Å². The minimum Gasteiger partial charge on any atom is -0.252 e. The molecule has 2 heteroatoms. The van der Waals surface area contributed by atoms with E-state index in [9.17, 15) is 0 Å². The number of para-hydroxylation sites is 1. The molecule has 0 unspecified atom stereocenters. The van der Waals surface area contributed by atoms with Crippen molar-refractivity contribution in [1.82, 2.24) is 0 Å². The monoisotopic (exact) mass is 287 g/mol. The molecule has 1 aromatic carbocycles. The number of hydrogen-bond donors (Lipinski definition) is 0. The molecule has 1 aromatic rings. The van der Waals surface area contributed by atoms with Crippen molar-refractivity contribution in [3.05, 3.63) is 60.1 Å². The summed E-state index contributed by atoms with van der Waals surface area (Å²) >= 11 is 1.69. The molecule has 0 saturated carbocycles. The van der Waals surface area contributed by atoms with E-state index in [1.165, 1.54) is 0 Å². The molecule has 0 N–H and O–H groups in total. The number of thioether (sulfide) groups is 1. The van der Waals surface area contributed by atoms with Crippen LogP contribution in [0.2, 0.25) is 0 Å². The Bertz CT molecular complexity index is 510. The fourth-order valence-corrected chi connectivity index (χ4v) is 2.65. The highest BCUT2D eigenvalue weighted by Crippen LogP contribution is 2.39. The van der Waals surface area contributed by atoms with Crippen molar-refractivity contribution in [2.24, 2.45) is 4.99 Å². The van der Waals surface area contributed by atoms with Gasteiger partial charge in [-0.15, -0.1) is 0 Å². The van der Waals surface area contributed by atoms with E-state index < -0.39 is 0 Å². The molecule has 0 saturated heterocycles. The quantitative estimate of drug-likeness (QED) is 0.599. The molecule has 0 aromatic heterocycles. The number of allylic oxidation sites excluding steroid dienone is 3. The van der Waals surface area contributed by atoms with Crippen molar-refractivity contribution in [1.29, 1.82) is 0 Å². The van der Waals surface area contributed by atoms with Gasteiger partial charge in [-0.05, 0) is 19.1 Å². The van der Waals surface area contributed by atoms with E-state index in [1.807, 2.05) is 65.0 Å². The van der Waals surface area contributed by atoms with Gasteiger partial charge < -0.3 is 0 Å². The molecule has 1 heterocycles. The fourth-order valence-electron chi connectivity index (χ4n) is 1.63. The fraction of sp³-hybridized carbons (Fsp3) is 0.278. The van der Waals surface area contributed by atoms with E-state index in [4.69, 9.17) is 0 Å². The van der Waals surface area contributed by atoms with Gasteiger partial charge in [-0.1, -0.05) is 76.9 Å². The topological polar surface area (TPSA) is 12.4 Å². The summed E-state index contributed by atoms with van der Waals surface area (Å²) < 4.78 is 0. The first-order chi connectivity index (χ1) is 9.76. The summed E-state index contributed by atoms with van der Waals surface area (Å²) in [7, 11) is 0. The minimum atomic E-state index is 0.988. The first-order valence-electron chi connectivity index (χ1n) is 7.08. The first kappa shape index (κ1) is 18.5. The van der Waals surface area contributed by atoms with Gasteiger partial charge in [-0.25, -0.2) is 0 Å². The normalized spacial score (nSPS) is 12.6. The van der Waals surface area contributed by atoms with Gasteiger partial charge in [0, 0.05) is 21.1 Å². The first-order valence-corrected chi connectivity index (χ1v) is 7.89. The van der Waals surface area contributed by atoms with Gasteiger partial charge in [0.1, 0.15) is 0 Å². The Balaban J connectivity index is 0.000000829. The number of benzene rings is 1. The molecule has 20 heavy (non-hydrogen) atoms. The van der Waals surface area contributed by atoms with Crippen LogP contribution in [0.5, 0.6) is 0 Å². The zero-order chi connectivity index (χ0) is 15.5. The summed E-state index contributed by atoms with van der Waals surface area (Å²) in [6.07, 6.45) is 3.71. The highest BCUT2D eigenvalue weighted by Gasteiger charge is 2.13. The highest BCUT2D eigenvalue weighted by molar-refractivity contribution is 8.03. The summed E-state index contributed by atoms with van der Waals surface area (Å²) in [5.41, 5.74) is 3.07. The number of fused-ring (bicyclic) bond motifs is 1. The van der Waals surface area contributed by atoms with Crippen LogP contribution in [0.15, 0.2) is 69.9 Å². The van der Waals surface area contributed by atoms with Crippen LogP contribution in [-0.4, -0.2) is 5.71 Å². The van der Waals surface area contributed by atoms with Crippen molar-refractivity contribution < 1.29 is 0 Å². The molecule has 108 valence electrons. The maximum atomic E-state index is 4.61. The number of aliphatic imine (C=N–C) groups is 1. The van der Waals surface area contributed by atoms with E-state index in [0.717, 1.165) is 26.8 Å². The number of rotatable bonds is 2. The lowest BCUT2D eigenvalue weighted by Gasteiger charge is -2.04. The molecule has 1 nitrogen and oxygen atoms in total. The third kappa shape index (κ3) is 4.53.